The maximum atomic E-state index is 11.8. The summed E-state index contributed by atoms with van der Waals surface area (Å²) in [5.41, 5.74) is 1.30. The quantitative estimate of drug-likeness (QED) is 0.571. The van der Waals surface area contributed by atoms with Gasteiger partial charge in [0.1, 0.15) is 0 Å². The van der Waals surface area contributed by atoms with Crippen LogP contribution in [0.3, 0.4) is 0 Å². The highest BCUT2D eigenvalue weighted by Gasteiger charge is 2.19. The van der Waals surface area contributed by atoms with Crippen LogP contribution in [0, 0.1) is 0 Å². The molecule has 3 nitrogen and oxygen atoms in total. The average Bonchev–Trinajstić information content (AvgIpc) is 3.28. The monoisotopic (exact) mass is 290 g/mol. The lowest BCUT2D eigenvalue weighted by molar-refractivity contribution is -0.120. The Morgan fingerprint density at radius 3 is 2.75 bits per heavy atom. The number of thioether (sulfide) groups is 1. The first-order valence-corrected chi connectivity index (χ1v) is 7.94. The molecule has 0 radical (unpaired) electrons. The molecule has 2 N–H and O–H groups in total. The SMILES string of the molecule is C=CCNC(=O)C(C)Sc1ccc(CNC2CC2)cc1. The van der Waals surface area contributed by atoms with Crippen molar-refractivity contribution in [2.75, 3.05) is 6.54 Å². The molecule has 4 heteroatoms. The van der Waals surface area contributed by atoms with Gasteiger partial charge in [-0.2, -0.15) is 0 Å². The first kappa shape index (κ1) is 15.1. The summed E-state index contributed by atoms with van der Waals surface area (Å²) >= 11 is 1.58. The van der Waals surface area contributed by atoms with Gasteiger partial charge in [-0.1, -0.05) is 18.2 Å². The van der Waals surface area contributed by atoms with E-state index in [4.69, 9.17) is 0 Å². The van der Waals surface area contributed by atoms with E-state index in [2.05, 4.69) is 41.5 Å². The Kier molecular flexibility index (Phi) is 5.68. The number of hydrogen-bond donors (Lipinski definition) is 2. The minimum absolute atomic E-state index is 0.0503. The zero-order valence-corrected chi connectivity index (χ0v) is 12.7. The fourth-order valence-corrected chi connectivity index (χ4v) is 2.70. The van der Waals surface area contributed by atoms with Crippen LogP contribution in [-0.2, 0) is 11.3 Å². The maximum Gasteiger partial charge on any atom is 0.233 e. The molecule has 0 aromatic heterocycles. The van der Waals surface area contributed by atoms with Gasteiger partial charge in [-0.25, -0.2) is 0 Å². The van der Waals surface area contributed by atoms with Crippen molar-refractivity contribution in [2.24, 2.45) is 0 Å². The van der Waals surface area contributed by atoms with E-state index in [9.17, 15) is 4.79 Å². The Balaban J connectivity index is 1.79. The van der Waals surface area contributed by atoms with Gasteiger partial charge in [0.05, 0.1) is 5.25 Å². The molecule has 0 aliphatic heterocycles. The van der Waals surface area contributed by atoms with Crippen molar-refractivity contribution in [3.8, 4) is 0 Å². The van der Waals surface area contributed by atoms with Crippen LogP contribution in [0.1, 0.15) is 25.3 Å². The molecule has 0 heterocycles. The Labute approximate surface area is 125 Å². The minimum Gasteiger partial charge on any atom is -0.352 e. The zero-order valence-electron chi connectivity index (χ0n) is 11.9. The van der Waals surface area contributed by atoms with Crippen LogP contribution in [-0.4, -0.2) is 23.7 Å². The molecule has 108 valence electrons. The molecule has 1 unspecified atom stereocenters. The molecule has 0 saturated heterocycles. The topological polar surface area (TPSA) is 41.1 Å². The summed E-state index contributed by atoms with van der Waals surface area (Å²) in [6.07, 6.45) is 4.31. The van der Waals surface area contributed by atoms with E-state index in [1.165, 1.54) is 18.4 Å². The van der Waals surface area contributed by atoms with Gasteiger partial charge >= 0.3 is 0 Å². The number of carbonyl (C=O) groups excluding carboxylic acids is 1. The van der Waals surface area contributed by atoms with E-state index in [-0.39, 0.29) is 11.2 Å². The molecule has 1 fully saturated rings. The molecule has 1 aromatic carbocycles. The molecular weight excluding hydrogens is 268 g/mol. The number of amides is 1. The second-order valence-electron chi connectivity index (χ2n) is 5.09. The Morgan fingerprint density at radius 2 is 2.15 bits per heavy atom. The smallest absolute Gasteiger partial charge is 0.233 e. The van der Waals surface area contributed by atoms with Gasteiger partial charge in [0, 0.05) is 24.0 Å². The largest absolute Gasteiger partial charge is 0.352 e. The molecule has 1 saturated carbocycles. The first-order chi connectivity index (χ1) is 9.69. The molecular formula is C16H22N2OS. The average molecular weight is 290 g/mol. The number of carbonyl (C=O) groups is 1. The van der Waals surface area contributed by atoms with E-state index in [1.54, 1.807) is 17.8 Å². The summed E-state index contributed by atoms with van der Waals surface area (Å²) in [4.78, 5) is 12.9. The van der Waals surface area contributed by atoms with E-state index in [0.29, 0.717) is 6.54 Å². The van der Waals surface area contributed by atoms with Crippen molar-refractivity contribution in [3.05, 3.63) is 42.5 Å². The van der Waals surface area contributed by atoms with Crippen LogP contribution in [0.25, 0.3) is 0 Å². The second kappa shape index (κ2) is 7.50. The Morgan fingerprint density at radius 1 is 1.45 bits per heavy atom. The van der Waals surface area contributed by atoms with Gasteiger partial charge in [-0.15, -0.1) is 18.3 Å². The van der Waals surface area contributed by atoms with E-state index in [0.717, 1.165) is 17.5 Å². The van der Waals surface area contributed by atoms with E-state index in [1.807, 2.05) is 6.92 Å². The minimum atomic E-state index is -0.0922. The lowest BCUT2D eigenvalue weighted by Crippen LogP contribution is -2.30. The summed E-state index contributed by atoms with van der Waals surface area (Å²) in [6.45, 7) is 6.97. The highest BCUT2D eigenvalue weighted by molar-refractivity contribution is 8.00. The molecule has 2 rings (SSSR count). The van der Waals surface area contributed by atoms with Gasteiger partial charge in [0.25, 0.3) is 0 Å². The van der Waals surface area contributed by atoms with Crippen LogP contribution in [0.4, 0.5) is 0 Å². The van der Waals surface area contributed by atoms with E-state index >= 15 is 0 Å². The summed E-state index contributed by atoms with van der Waals surface area (Å²) in [6, 6.07) is 9.17. The Bertz CT molecular complexity index is 454. The van der Waals surface area contributed by atoms with Gasteiger partial charge in [0.15, 0.2) is 0 Å². The predicted octanol–water partition coefficient (Wildman–Crippen LogP) is 2.72. The number of hydrogen-bond acceptors (Lipinski definition) is 3. The lowest BCUT2D eigenvalue weighted by atomic mass is 10.2. The maximum absolute atomic E-state index is 11.8. The third-order valence-electron chi connectivity index (χ3n) is 3.20. The predicted molar refractivity (Wildman–Crippen MR) is 84.8 cm³/mol. The molecule has 20 heavy (non-hydrogen) atoms. The molecule has 1 atom stereocenters. The molecule has 1 amide bonds. The van der Waals surface area contributed by atoms with Gasteiger partial charge in [0.2, 0.25) is 5.91 Å². The van der Waals surface area contributed by atoms with Crippen molar-refractivity contribution in [1.29, 1.82) is 0 Å². The van der Waals surface area contributed by atoms with Crippen LogP contribution in [0.5, 0.6) is 0 Å². The number of rotatable bonds is 8. The molecule has 0 spiro atoms. The van der Waals surface area contributed by atoms with Gasteiger partial charge in [-0.3, -0.25) is 4.79 Å². The highest BCUT2D eigenvalue weighted by atomic mass is 32.2. The highest BCUT2D eigenvalue weighted by Crippen LogP contribution is 2.24. The Hall–Kier alpha value is -1.26. The molecule has 1 aliphatic carbocycles. The summed E-state index contributed by atoms with van der Waals surface area (Å²) < 4.78 is 0. The first-order valence-electron chi connectivity index (χ1n) is 7.06. The van der Waals surface area contributed by atoms with Crippen molar-refractivity contribution in [1.82, 2.24) is 10.6 Å². The third kappa shape index (κ3) is 5.02. The van der Waals surface area contributed by atoms with Crippen LogP contribution in [0.2, 0.25) is 0 Å². The molecule has 1 aliphatic rings. The van der Waals surface area contributed by atoms with E-state index < -0.39 is 0 Å². The number of nitrogens with one attached hydrogen (secondary N) is 2. The van der Waals surface area contributed by atoms with Crippen LogP contribution >= 0.6 is 11.8 Å². The summed E-state index contributed by atoms with van der Waals surface area (Å²) in [5.74, 6) is 0.0503. The zero-order chi connectivity index (χ0) is 14.4. The fraction of sp³-hybridized carbons (Fsp3) is 0.438. The van der Waals surface area contributed by atoms with Crippen LogP contribution < -0.4 is 10.6 Å². The summed E-state index contributed by atoms with van der Waals surface area (Å²) in [5, 5.41) is 6.22. The normalized spacial score (nSPS) is 15.7. The second-order valence-corrected chi connectivity index (χ2v) is 6.51. The van der Waals surface area contributed by atoms with Crippen molar-refractivity contribution < 1.29 is 4.79 Å². The number of benzene rings is 1. The van der Waals surface area contributed by atoms with Gasteiger partial charge < -0.3 is 10.6 Å². The lowest BCUT2D eigenvalue weighted by Gasteiger charge is -2.11. The van der Waals surface area contributed by atoms with Crippen molar-refractivity contribution >= 4 is 17.7 Å². The standard InChI is InChI=1S/C16H22N2OS/c1-3-10-17-16(19)12(2)20-15-8-4-13(5-9-15)11-18-14-6-7-14/h3-5,8-9,12,14,18H,1,6-7,10-11H2,2H3,(H,17,19). The molecule has 0 bridgehead atoms. The third-order valence-corrected chi connectivity index (χ3v) is 4.31. The van der Waals surface area contributed by atoms with Crippen molar-refractivity contribution in [3.63, 3.8) is 0 Å². The summed E-state index contributed by atoms with van der Waals surface area (Å²) in [7, 11) is 0. The molecule has 1 aromatic rings. The van der Waals surface area contributed by atoms with Gasteiger partial charge in [-0.05, 0) is 37.5 Å². The van der Waals surface area contributed by atoms with Crippen LogP contribution in [0.15, 0.2) is 41.8 Å². The fourth-order valence-electron chi connectivity index (χ4n) is 1.81. The van der Waals surface area contributed by atoms with Crippen molar-refractivity contribution in [2.45, 2.75) is 42.5 Å².